The molecule has 1 aromatic heterocycles. The van der Waals surface area contributed by atoms with Gasteiger partial charge in [-0.3, -0.25) is 0 Å². The zero-order chi connectivity index (χ0) is 14.6. The summed E-state index contributed by atoms with van der Waals surface area (Å²) in [7, 11) is 0. The smallest absolute Gasteiger partial charge is 0.231 e. The Labute approximate surface area is 121 Å². The minimum Gasteiger partial charge on any atom is -0.367 e. The van der Waals surface area contributed by atoms with Crippen molar-refractivity contribution in [2.24, 2.45) is 11.7 Å². The summed E-state index contributed by atoms with van der Waals surface area (Å²) in [5.74, 6) is 2.27. The quantitative estimate of drug-likeness (QED) is 0.867. The van der Waals surface area contributed by atoms with Crippen LogP contribution in [0.3, 0.4) is 0 Å². The Morgan fingerprint density at radius 1 is 1.40 bits per heavy atom. The van der Waals surface area contributed by atoms with Gasteiger partial charge < -0.3 is 15.0 Å². The summed E-state index contributed by atoms with van der Waals surface area (Å²) in [5, 5.41) is 4.21. The first-order chi connectivity index (χ1) is 9.65. The molecule has 0 amide bonds. The Hall–Kier alpha value is -0.940. The van der Waals surface area contributed by atoms with E-state index in [1.54, 1.807) is 0 Å². The van der Waals surface area contributed by atoms with Crippen LogP contribution in [0.2, 0.25) is 0 Å². The normalized spacial score (nSPS) is 28.5. The lowest BCUT2D eigenvalue weighted by molar-refractivity contribution is -0.0847. The van der Waals surface area contributed by atoms with Crippen LogP contribution in [0.1, 0.15) is 70.5 Å². The van der Waals surface area contributed by atoms with E-state index >= 15 is 0 Å². The topological polar surface area (TPSA) is 74.2 Å². The second-order valence-corrected chi connectivity index (χ2v) is 5.91. The summed E-state index contributed by atoms with van der Waals surface area (Å²) >= 11 is 0. The van der Waals surface area contributed by atoms with Crippen molar-refractivity contribution in [3.8, 4) is 0 Å². The molecule has 5 nitrogen and oxygen atoms in total. The number of nitrogens with zero attached hydrogens (tertiary/aromatic N) is 2. The van der Waals surface area contributed by atoms with E-state index in [-0.39, 0.29) is 11.5 Å². The number of rotatable bonds is 6. The van der Waals surface area contributed by atoms with Crippen molar-refractivity contribution in [3.05, 3.63) is 11.7 Å². The summed E-state index contributed by atoms with van der Waals surface area (Å²) in [6.07, 6.45) is 5.16. The molecule has 2 rings (SSSR count). The van der Waals surface area contributed by atoms with Crippen molar-refractivity contribution >= 4 is 0 Å². The van der Waals surface area contributed by atoms with E-state index < -0.39 is 0 Å². The fourth-order valence-corrected chi connectivity index (χ4v) is 2.97. The molecule has 1 heterocycles. The Morgan fingerprint density at radius 2 is 2.10 bits per heavy atom. The van der Waals surface area contributed by atoms with Crippen LogP contribution >= 0.6 is 0 Å². The molecule has 114 valence electrons. The van der Waals surface area contributed by atoms with Crippen LogP contribution < -0.4 is 5.73 Å². The fraction of sp³-hybridized carbons (Fsp3) is 0.867. The van der Waals surface area contributed by atoms with Crippen LogP contribution in [-0.4, -0.2) is 23.3 Å². The Bertz CT molecular complexity index is 407. The van der Waals surface area contributed by atoms with Gasteiger partial charge in [0.2, 0.25) is 11.7 Å². The molecule has 1 unspecified atom stereocenters. The van der Waals surface area contributed by atoms with Crippen LogP contribution in [0.25, 0.3) is 0 Å². The highest BCUT2D eigenvalue weighted by atomic mass is 16.5. The summed E-state index contributed by atoms with van der Waals surface area (Å²) in [5.41, 5.74) is 5.40. The third-order valence-corrected chi connectivity index (χ3v) is 4.48. The third-order valence-electron chi connectivity index (χ3n) is 4.48. The van der Waals surface area contributed by atoms with Crippen LogP contribution in [0.4, 0.5) is 0 Å². The van der Waals surface area contributed by atoms with Gasteiger partial charge in [0.15, 0.2) is 0 Å². The standard InChI is InChI=1S/C15H27N3O2/c1-4-12(10-16)13-17-14(18-20-13)15(19-5-2)8-6-11(3)7-9-15/h11-12H,4-10,16H2,1-3H3. The molecule has 20 heavy (non-hydrogen) atoms. The molecule has 1 fully saturated rings. The number of ether oxygens (including phenoxy) is 1. The highest BCUT2D eigenvalue weighted by Crippen LogP contribution is 2.41. The molecule has 0 aromatic carbocycles. The van der Waals surface area contributed by atoms with E-state index in [0.29, 0.717) is 24.9 Å². The Morgan fingerprint density at radius 3 is 2.65 bits per heavy atom. The van der Waals surface area contributed by atoms with E-state index in [9.17, 15) is 0 Å². The molecular weight excluding hydrogens is 254 g/mol. The van der Waals surface area contributed by atoms with Crippen molar-refractivity contribution in [1.29, 1.82) is 0 Å². The summed E-state index contributed by atoms with van der Waals surface area (Å²) in [4.78, 5) is 4.61. The Balaban J connectivity index is 2.22. The second-order valence-electron chi connectivity index (χ2n) is 5.91. The van der Waals surface area contributed by atoms with Gasteiger partial charge in [0.05, 0.1) is 5.92 Å². The van der Waals surface area contributed by atoms with Gasteiger partial charge >= 0.3 is 0 Å². The van der Waals surface area contributed by atoms with Crippen LogP contribution in [0.15, 0.2) is 4.52 Å². The van der Waals surface area contributed by atoms with E-state index in [4.69, 9.17) is 15.0 Å². The van der Waals surface area contributed by atoms with Crippen LogP contribution in [0.5, 0.6) is 0 Å². The predicted octanol–water partition coefficient (Wildman–Crippen LogP) is 2.96. The van der Waals surface area contributed by atoms with E-state index in [2.05, 4.69) is 24.0 Å². The number of hydrogen-bond acceptors (Lipinski definition) is 5. The van der Waals surface area contributed by atoms with Crippen molar-refractivity contribution in [3.63, 3.8) is 0 Å². The highest BCUT2D eigenvalue weighted by molar-refractivity contribution is 5.06. The number of hydrogen-bond donors (Lipinski definition) is 1. The fourth-order valence-electron chi connectivity index (χ4n) is 2.97. The number of aromatic nitrogens is 2. The van der Waals surface area contributed by atoms with Crippen LogP contribution in [0, 0.1) is 5.92 Å². The third kappa shape index (κ3) is 3.04. The zero-order valence-electron chi connectivity index (χ0n) is 12.9. The largest absolute Gasteiger partial charge is 0.367 e. The summed E-state index contributed by atoms with van der Waals surface area (Å²) < 4.78 is 11.5. The molecule has 5 heteroatoms. The maximum Gasteiger partial charge on any atom is 0.231 e. The monoisotopic (exact) mass is 281 g/mol. The first-order valence-electron chi connectivity index (χ1n) is 7.83. The minimum atomic E-state index is -0.351. The predicted molar refractivity (Wildman–Crippen MR) is 77.3 cm³/mol. The van der Waals surface area contributed by atoms with Gasteiger partial charge in [-0.25, -0.2) is 0 Å². The van der Waals surface area contributed by atoms with Gasteiger partial charge in [-0.1, -0.05) is 19.0 Å². The summed E-state index contributed by atoms with van der Waals surface area (Å²) in [6.45, 7) is 7.61. The highest BCUT2D eigenvalue weighted by Gasteiger charge is 2.41. The maximum absolute atomic E-state index is 6.05. The van der Waals surface area contributed by atoms with E-state index in [0.717, 1.165) is 38.0 Å². The molecule has 0 aliphatic heterocycles. The lowest BCUT2D eigenvalue weighted by Crippen LogP contribution is -2.35. The lowest BCUT2D eigenvalue weighted by Gasteiger charge is -2.36. The first kappa shape index (κ1) is 15.4. The van der Waals surface area contributed by atoms with Crippen molar-refractivity contribution < 1.29 is 9.26 Å². The van der Waals surface area contributed by atoms with Crippen molar-refractivity contribution in [2.45, 2.75) is 64.4 Å². The molecule has 0 saturated heterocycles. The molecule has 0 bridgehead atoms. The molecule has 1 atom stereocenters. The molecule has 1 saturated carbocycles. The molecule has 1 aromatic rings. The average Bonchev–Trinajstić information content (AvgIpc) is 2.94. The zero-order valence-corrected chi connectivity index (χ0v) is 12.9. The molecule has 1 aliphatic carbocycles. The van der Waals surface area contributed by atoms with Gasteiger partial charge in [0.25, 0.3) is 0 Å². The van der Waals surface area contributed by atoms with Gasteiger partial charge in [0, 0.05) is 13.2 Å². The molecule has 1 aliphatic rings. The minimum absolute atomic E-state index is 0.150. The van der Waals surface area contributed by atoms with Gasteiger partial charge in [-0.05, 0) is 44.9 Å². The van der Waals surface area contributed by atoms with Gasteiger partial charge in [-0.2, -0.15) is 4.98 Å². The molecule has 2 N–H and O–H groups in total. The van der Waals surface area contributed by atoms with Gasteiger partial charge in [0.1, 0.15) is 5.60 Å². The van der Waals surface area contributed by atoms with Crippen molar-refractivity contribution in [1.82, 2.24) is 10.1 Å². The second kappa shape index (κ2) is 6.68. The van der Waals surface area contributed by atoms with E-state index in [1.165, 1.54) is 0 Å². The van der Waals surface area contributed by atoms with E-state index in [1.807, 2.05) is 6.92 Å². The van der Waals surface area contributed by atoms with Crippen molar-refractivity contribution in [2.75, 3.05) is 13.2 Å². The first-order valence-corrected chi connectivity index (χ1v) is 7.83. The lowest BCUT2D eigenvalue weighted by atomic mass is 9.79. The van der Waals surface area contributed by atoms with Gasteiger partial charge in [-0.15, -0.1) is 0 Å². The summed E-state index contributed by atoms with van der Waals surface area (Å²) in [6, 6.07) is 0. The Kier molecular flexibility index (Phi) is 5.16. The molecule has 0 radical (unpaired) electrons. The molecular formula is C15H27N3O2. The average molecular weight is 281 g/mol. The van der Waals surface area contributed by atoms with Crippen LogP contribution in [-0.2, 0) is 10.3 Å². The number of nitrogens with two attached hydrogens (primary N) is 1. The molecule has 0 spiro atoms. The SMILES string of the molecule is CCOC1(c2noc(C(CC)CN)n2)CCC(C)CC1. The maximum atomic E-state index is 6.05.